The third-order valence-corrected chi connectivity index (χ3v) is 1.98. The first kappa shape index (κ1) is 9.32. The Labute approximate surface area is 84.7 Å². The average molecular weight is 205 g/mol. The lowest BCUT2D eigenvalue weighted by Crippen LogP contribution is -2.54. The molecule has 2 N–H and O–H groups in total. The molecule has 1 fully saturated rings. The molecule has 1 aromatic rings. The van der Waals surface area contributed by atoms with Crippen molar-refractivity contribution in [3.05, 3.63) is 30.1 Å². The summed E-state index contributed by atoms with van der Waals surface area (Å²) in [5, 5.41) is 4.02. The zero-order valence-electron chi connectivity index (χ0n) is 7.56. The van der Waals surface area contributed by atoms with E-state index in [-0.39, 0.29) is 0 Å². The fraction of sp³-hybridized carbons (Fsp3) is 0.111. The van der Waals surface area contributed by atoms with Gasteiger partial charge in [0.2, 0.25) is 11.8 Å². The maximum absolute atomic E-state index is 11.4. The van der Waals surface area contributed by atoms with E-state index in [0.29, 0.717) is 5.69 Å². The Balaban J connectivity index is 2.33. The molecule has 15 heavy (non-hydrogen) atoms. The van der Waals surface area contributed by atoms with Crippen LogP contribution in [0.3, 0.4) is 0 Å². The fourth-order valence-electron chi connectivity index (χ4n) is 1.33. The van der Waals surface area contributed by atoms with E-state index in [1.807, 2.05) is 10.6 Å². The van der Waals surface area contributed by atoms with E-state index in [1.165, 1.54) is 6.20 Å². The molecule has 0 bridgehead atoms. The number of carbonyl (C=O) groups is 3. The lowest BCUT2D eigenvalue weighted by atomic mass is 10.0. The van der Waals surface area contributed by atoms with Crippen molar-refractivity contribution in [2.24, 2.45) is 0 Å². The van der Waals surface area contributed by atoms with Gasteiger partial charge in [-0.05, 0) is 12.1 Å². The van der Waals surface area contributed by atoms with E-state index in [1.54, 1.807) is 18.2 Å². The van der Waals surface area contributed by atoms with Gasteiger partial charge in [0.05, 0.1) is 5.69 Å². The fourth-order valence-corrected chi connectivity index (χ4v) is 1.33. The number of pyridine rings is 1. The summed E-state index contributed by atoms with van der Waals surface area (Å²) >= 11 is 0. The van der Waals surface area contributed by atoms with Gasteiger partial charge in [-0.25, -0.2) is 4.79 Å². The highest BCUT2D eigenvalue weighted by Gasteiger charge is 2.36. The second-order valence-corrected chi connectivity index (χ2v) is 3.00. The van der Waals surface area contributed by atoms with Gasteiger partial charge in [-0.1, -0.05) is 6.07 Å². The van der Waals surface area contributed by atoms with Gasteiger partial charge in [-0.15, -0.1) is 0 Å². The van der Waals surface area contributed by atoms with Crippen molar-refractivity contribution in [3.8, 4) is 0 Å². The van der Waals surface area contributed by atoms with Gasteiger partial charge >= 0.3 is 6.03 Å². The molecule has 76 valence electrons. The van der Waals surface area contributed by atoms with Crippen LogP contribution in [-0.2, 0) is 9.59 Å². The molecule has 0 unspecified atom stereocenters. The molecule has 1 aromatic heterocycles. The maximum Gasteiger partial charge on any atom is 0.328 e. The highest BCUT2D eigenvalue weighted by atomic mass is 16.2. The van der Waals surface area contributed by atoms with E-state index in [0.717, 1.165) is 0 Å². The number of hydrogen-bond donors (Lipinski definition) is 2. The third-order valence-electron chi connectivity index (χ3n) is 1.98. The van der Waals surface area contributed by atoms with Gasteiger partial charge in [0.1, 0.15) is 0 Å². The van der Waals surface area contributed by atoms with Gasteiger partial charge in [-0.2, -0.15) is 0 Å². The summed E-state index contributed by atoms with van der Waals surface area (Å²) in [5.41, 5.74) is 0.319. The van der Waals surface area contributed by atoms with Crippen LogP contribution in [0.4, 0.5) is 4.79 Å². The van der Waals surface area contributed by atoms with Crippen molar-refractivity contribution in [1.82, 2.24) is 15.6 Å². The maximum atomic E-state index is 11.4. The minimum absolute atomic E-state index is 0.319. The van der Waals surface area contributed by atoms with Gasteiger partial charge in [0, 0.05) is 6.20 Å². The molecule has 2 heterocycles. The normalized spacial score (nSPS) is 17.2. The molecule has 0 atom stereocenters. The number of barbiturate groups is 1. The Morgan fingerprint density at radius 3 is 2.27 bits per heavy atom. The molecule has 4 amide bonds. The summed E-state index contributed by atoms with van der Waals surface area (Å²) in [6, 6.07) is 4.10. The number of aromatic nitrogens is 1. The SMILES string of the molecule is O=C1NC(=O)C(c2ccccn2)C(=O)N1. The van der Waals surface area contributed by atoms with Crippen molar-refractivity contribution in [2.45, 2.75) is 5.92 Å². The molecule has 1 aliphatic heterocycles. The van der Waals surface area contributed by atoms with Crippen LogP contribution >= 0.6 is 0 Å². The average Bonchev–Trinajstić information content (AvgIpc) is 2.17. The lowest BCUT2D eigenvalue weighted by molar-refractivity contribution is -0.132. The topological polar surface area (TPSA) is 88.2 Å². The Morgan fingerprint density at radius 2 is 1.73 bits per heavy atom. The predicted molar refractivity (Wildman–Crippen MR) is 48.7 cm³/mol. The van der Waals surface area contributed by atoms with Crippen molar-refractivity contribution < 1.29 is 14.4 Å². The number of amides is 4. The predicted octanol–water partition coefficient (Wildman–Crippen LogP) is -0.469. The zero-order chi connectivity index (χ0) is 10.8. The number of carbonyl (C=O) groups excluding carboxylic acids is 3. The molecule has 0 saturated carbocycles. The van der Waals surface area contributed by atoms with Crippen LogP contribution in [0.1, 0.15) is 11.6 Å². The van der Waals surface area contributed by atoms with Crippen LogP contribution in [0.25, 0.3) is 0 Å². The number of rotatable bonds is 1. The van der Waals surface area contributed by atoms with E-state index < -0.39 is 23.8 Å². The number of imide groups is 2. The Bertz CT molecular complexity index is 409. The van der Waals surface area contributed by atoms with Gasteiger partial charge in [0.25, 0.3) is 0 Å². The van der Waals surface area contributed by atoms with Gasteiger partial charge in [-0.3, -0.25) is 25.2 Å². The van der Waals surface area contributed by atoms with Crippen molar-refractivity contribution >= 4 is 17.8 Å². The summed E-state index contributed by atoms with van der Waals surface area (Å²) in [6.07, 6.45) is 1.48. The lowest BCUT2D eigenvalue weighted by Gasteiger charge is -2.19. The van der Waals surface area contributed by atoms with Crippen molar-refractivity contribution in [1.29, 1.82) is 0 Å². The van der Waals surface area contributed by atoms with E-state index >= 15 is 0 Å². The highest BCUT2D eigenvalue weighted by molar-refractivity contribution is 6.19. The Kier molecular flexibility index (Phi) is 2.17. The summed E-state index contributed by atoms with van der Waals surface area (Å²) in [4.78, 5) is 37.4. The summed E-state index contributed by atoms with van der Waals surface area (Å²) in [7, 11) is 0. The molecule has 6 nitrogen and oxygen atoms in total. The Hall–Kier alpha value is -2.24. The van der Waals surface area contributed by atoms with E-state index in [4.69, 9.17) is 0 Å². The van der Waals surface area contributed by atoms with Crippen LogP contribution in [0.15, 0.2) is 24.4 Å². The number of nitrogens with zero attached hydrogens (tertiary/aromatic N) is 1. The molecule has 0 spiro atoms. The first-order chi connectivity index (χ1) is 7.18. The molecule has 1 saturated heterocycles. The summed E-state index contributed by atoms with van der Waals surface area (Å²) in [6.45, 7) is 0. The molecule has 0 radical (unpaired) electrons. The van der Waals surface area contributed by atoms with Crippen LogP contribution in [0, 0.1) is 0 Å². The number of nitrogens with one attached hydrogen (secondary N) is 2. The first-order valence-corrected chi connectivity index (χ1v) is 4.25. The highest BCUT2D eigenvalue weighted by Crippen LogP contribution is 2.15. The van der Waals surface area contributed by atoms with Crippen LogP contribution in [0.5, 0.6) is 0 Å². The molecular weight excluding hydrogens is 198 g/mol. The third kappa shape index (κ3) is 1.69. The molecule has 6 heteroatoms. The molecule has 0 aliphatic carbocycles. The number of urea groups is 1. The van der Waals surface area contributed by atoms with E-state index in [2.05, 4.69) is 4.98 Å². The quantitative estimate of drug-likeness (QED) is 0.607. The van der Waals surface area contributed by atoms with Gasteiger partial charge < -0.3 is 0 Å². The van der Waals surface area contributed by atoms with E-state index in [9.17, 15) is 14.4 Å². The molecule has 2 rings (SSSR count). The van der Waals surface area contributed by atoms with Crippen LogP contribution in [0.2, 0.25) is 0 Å². The summed E-state index contributed by atoms with van der Waals surface area (Å²) < 4.78 is 0. The molecule has 1 aliphatic rings. The smallest absolute Gasteiger partial charge is 0.277 e. The first-order valence-electron chi connectivity index (χ1n) is 4.25. The van der Waals surface area contributed by atoms with Gasteiger partial charge in [0.15, 0.2) is 5.92 Å². The Morgan fingerprint density at radius 1 is 1.07 bits per heavy atom. The summed E-state index contributed by atoms with van der Waals surface area (Å²) in [5.74, 6) is -2.35. The largest absolute Gasteiger partial charge is 0.328 e. The van der Waals surface area contributed by atoms with Crippen molar-refractivity contribution in [3.63, 3.8) is 0 Å². The zero-order valence-corrected chi connectivity index (χ0v) is 7.56. The standard InChI is InChI=1S/C9H7N3O3/c13-7-6(5-3-1-2-4-10-5)8(14)12-9(15)11-7/h1-4,6H,(H2,11,12,13,14,15). The second-order valence-electron chi connectivity index (χ2n) is 3.00. The number of hydrogen-bond acceptors (Lipinski definition) is 4. The minimum Gasteiger partial charge on any atom is -0.277 e. The minimum atomic E-state index is -1.05. The van der Waals surface area contributed by atoms with Crippen LogP contribution < -0.4 is 10.6 Å². The van der Waals surface area contributed by atoms with Crippen molar-refractivity contribution in [2.75, 3.05) is 0 Å². The molecular formula is C9H7N3O3. The monoisotopic (exact) mass is 205 g/mol. The van der Waals surface area contributed by atoms with Crippen LogP contribution in [-0.4, -0.2) is 22.8 Å². The second kappa shape index (κ2) is 3.49. The molecule has 0 aromatic carbocycles.